The number of hydrogen-bond acceptors (Lipinski definition) is 6. The van der Waals surface area contributed by atoms with E-state index in [1.807, 2.05) is 0 Å². The van der Waals surface area contributed by atoms with Crippen LogP contribution in [0.4, 0.5) is 0 Å². The fourth-order valence-electron chi connectivity index (χ4n) is 4.22. The number of nitrogens with zero attached hydrogens (tertiary/aromatic N) is 3. The number of oxime groups is 1. The van der Waals surface area contributed by atoms with Crippen molar-refractivity contribution in [3.05, 3.63) is 0 Å². The molecular formula is C21H41N3O3Si. The van der Waals surface area contributed by atoms with Crippen LogP contribution in [-0.4, -0.2) is 82.6 Å². The second kappa shape index (κ2) is 9.02. The normalized spacial score (nSPS) is 31.1. The molecule has 2 saturated heterocycles. The summed E-state index contributed by atoms with van der Waals surface area (Å²) >= 11 is 0. The van der Waals surface area contributed by atoms with Crippen molar-refractivity contribution in [2.24, 2.45) is 11.1 Å². The van der Waals surface area contributed by atoms with Gasteiger partial charge in [0.1, 0.15) is 6.10 Å². The lowest BCUT2D eigenvalue weighted by atomic mass is 9.96. The Hall–Kier alpha value is -0.633. The lowest BCUT2D eigenvalue weighted by Crippen LogP contribution is -2.52. The van der Waals surface area contributed by atoms with E-state index < -0.39 is 8.32 Å². The largest absolute Gasteiger partial charge is 0.470 e. The van der Waals surface area contributed by atoms with Crippen LogP contribution < -0.4 is 0 Å². The van der Waals surface area contributed by atoms with Crippen LogP contribution in [0.3, 0.4) is 0 Å². The van der Waals surface area contributed by atoms with Crippen LogP contribution in [0.2, 0.25) is 18.1 Å². The lowest BCUT2D eigenvalue weighted by molar-refractivity contribution is -0.0221. The average Bonchev–Trinajstić information content (AvgIpc) is 2.61. The van der Waals surface area contributed by atoms with Crippen molar-refractivity contribution in [1.29, 1.82) is 0 Å². The molecule has 28 heavy (non-hydrogen) atoms. The molecule has 0 unspecified atom stereocenters. The van der Waals surface area contributed by atoms with Crippen molar-refractivity contribution in [1.82, 2.24) is 9.80 Å². The van der Waals surface area contributed by atoms with Crippen LogP contribution >= 0.6 is 0 Å². The smallest absolute Gasteiger partial charge is 0.230 e. The molecule has 0 saturated carbocycles. The second-order valence-corrected chi connectivity index (χ2v) is 15.2. The highest BCUT2D eigenvalue weighted by Crippen LogP contribution is 2.38. The molecule has 0 aromatic rings. The molecule has 0 spiro atoms. The van der Waals surface area contributed by atoms with Crippen LogP contribution in [0.1, 0.15) is 46.5 Å². The fourth-order valence-corrected chi connectivity index (χ4v) is 5.58. The summed E-state index contributed by atoms with van der Waals surface area (Å²) in [5, 5.41) is 4.54. The molecule has 3 atom stereocenters. The standard InChI is InChI=1S/C21H41N3O3Si/c1-21(2,3)28(5,6)27-18-12-17(13-23(4)14-18)20-22-25-16-19(26-20)15-24-10-8-7-9-11-24/h17-19H,7-16H2,1-6H3/t17-,18-,19-/m1/s1. The average molecular weight is 412 g/mol. The molecular weight excluding hydrogens is 370 g/mol. The van der Waals surface area contributed by atoms with Gasteiger partial charge in [-0.2, -0.15) is 0 Å². The van der Waals surface area contributed by atoms with E-state index in [9.17, 15) is 0 Å². The van der Waals surface area contributed by atoms with Crippen molar-refractivity contribution in [2.75, 3.05) is 46.4 Å². The third kappa shape index (κ3) is 5.71. The molecule has 0 amide bonds. The number of likely N-dealkylation sites (N-methyl/N-ethyl adjacent to an activating group) is 1. The van der Waals surface area contributed by atoms with Crippen LogP contribution in [0, 0.1) is 5.92 Å². The zero-order chi connectivity index (χ0) is 20.4. The summed E-state index contributed by atoms with van der Waals surface area (Å²) in [7, 11) is 0.381. The highest BCUT2D eigenvalue weighted by molar-refractivity contribution is 6.74. The SMILES string of the molecule is CN1C[C@H](O[Si](C)(C)C(C)(C)C)C[C@@H](C2=NOC[C@@H](CN3CCCCC3)O2)C1. The third-order valence-electron chi connectivity index (χ3n) is 6.82. The van der Waals surface area contributed by atoms with Gasteiger partial charge in [-0.3, -0.25) is 4.90 Å². The molecule has 0 aromatic heterocycles. The van der Waals surface area contributed by atoms with E-state index in [0.717, 1.165) is 32.0 Å². The van der Waals surface area contributed by atoms with Crippen molar-refractivity contribution < 1.29 is 14.0 Å². The van der Waals surface area contributed by atoms with E-state index in [0.29, 0.717) is 6.61 Å². The second-order valence-electron chi connectivity index (χ2n) is 10.5. The van der Waals surface area contributed by atoms with Gasteiger partial charge in [0.2, 0.25) is 5.90 Å². The molecule has 3 aliphatic rings. The Morgan fingerprint density at radius 2 is 1.86 bits per heavy atom. The van der Waals surface area contributed by atoms with Gasteiger partial charge in [-0.1, -0.05) is 32.3 Å². The maximum absolute atomic E-state index is 6.72. The third-order valence-corrected chi connectivity index (χ3v) is 11.4. The summed E-state index contributed by atoms with van der Waals surface area (Å²) in [5.41, 5.74) is 0. The minimum absolute atomic E-state index is 0.0950. The van der Waals surface area contributed by atoms with Gasteiger partial charge in [0, 0.05) is 19.6 Å². The fraction of sp³-hybridized carbons (Fsp3) is 0.952. The Balaban J connectivity index is 1.58. The molecule has 3 rings (SSSR count). The molecule has 0 bridgehead atoms. The molecule has 0 aliphatic carbocycles. The first kappa shape index (κ1) is 22.1. The Morgan fingerprint density at radius 1 is 1.14 bits per heavy atom. The van der Waals surface area contributed by atoms with E-state index in [2.05, 4.69) is 55.9 Å². The molecule has 6 nitrogen and oxygen atoms in total. The minimum Gasteiger partial charge on any atom is -0.470 e. The molecule has 0 aromatic carbocycles. The van der Waals surface area contributed by atoms with Crippen molar-refractivity contribution in [2.45, 2.75) is 76.8 Å². The van der Waals surface area contributed by atoms with Gasteiger partial charge in [0.25, 0.3) is 0 Å². The number of likely N-dealkylation sites (tertiary alicyclic amines) is 2. The van der Waals surface area contributed by atoms with Gasteiger partial charge in [-0.25, -0.2) is 0 Å². The zero-order valence-electron chi connectivity index (χ0n) is 18.9. The summed E-state index contributed by atoms with van der Waals surface area (Å²) in [5.74, 6) is 1.03. The number of hydrogen-bond donors (Lipinski definition) is 0. The molecule has 3 heterocycles. The molecule has 0 N–H and O–H groups in total. The number of piperidine rings is 2. The van der Waals surface area contributed by atoms with Gasteiger partial charge in [-0.15, -0.1) is 0 Å². The molecule has 162 valence electrons. The van der Waals surface area contributed by atoms with Crippen LogP contribution in [0.5, 0.6) is 0 Å². The van der Waals surface area contributed by atoms with Crippen LogP contribution in [0.25, 0.3) is 0 Å². The quantitative estimate of drug-likeness (QED) is 0.648. The number of ether oxygens (including phenoxy) is 1. The monoisotopic (exact) mass is 411 g/mol. The first-order valence-electron chi connectivity index (χ1n) is 11.1. The Morgan fingerprint density at radius 3 is 2.54 bits per heavy atom. The molecule has 0 radical (unpaired) electrons. The van der Waals surface area contributed by atoms with Crippen molar-refractivity contribution in [3.63, 3.8) is 0 Å². The van der Waals surface area contributed by atoms with Gasteiger partial charge >= 0.3 is 0 Å². The Bertz CT molecular complexity index is 544. The number of rotatable bonds is 5. The van der Waals surface area contributed by atoms with Gasteiger partial charge in [0.05, 0.1) is 12.0 Å². The summed E-state index contributed by atoms with van der Waals surface area (Å²) in [6.07, 6.45) is 5.25. The van der Waals surface area contributed by atoms with Crippen molar-refractivity contribution in [3.8, 4) is 0 Å². The Labute approximate surface area is 172 Å². The van der Waals surface area contributed by atoms with Crippen molar-refractivity contribution >= 4 is 14.2 Å². The molecule has 3 aliphatic heterocycles. The van der Waals surface area contributed by atoms with Crippen LogP contribution in [-0.2, 0) is 14.0 Å². The van der Waals surface area contributed by atoms with Gasteiger partial charge < -0.3 is 18.9 Å². The highest BCUT2D eigenvalue weighted by Gasteiger charge is 2.42. The summed E-state index contributed by atoms with van der Waals surface area (Å²) in [6.45, 7) is 17.4. The lowest BCUT2D eigenvalue weighted by Gasteiger charge is -2.44. The topological polar surface area (TPSA) is 46.5 Å². The predicted molar refractivity (Wildman–Crippen MR) is 116 cm³/mol. The van der Waals surface area contributed by atoms with E-state index in [1.54, 1.807) is 0 Å². The summed E-state index contributed by atoms with van der Waals surface area (Å²) in [6, 6.07) is 0. The van der Waals surface area contributed by atoms with E-state index >= 15 is 0 Å². The predicted octanol–water partition coefficient (Wildman–Crippen LogP) is 3.54. The zero-order valence-corrected chi connectivity index (χ0v) is 19.9. The van der Waals surface area contributed by atoms with Crippen LogP contribution in [0.15, 0.2) is 5.16 Å². The maximum atomic E-state index is 6.72. The molecule has 2 fully saturated rings. The highest BCUT2D eigenvalue weighted by atomic mass is 28.4. The summed E-state index contributed by atoms with van der Waals surface area (Å²) in [4.78, 5) is 10.5. The van der Waals surface area contributed by atoms with E-state index in [-0.39, 0.29) is 23.2 Å². The Kier molecular flexibility index (Phi) is 7.11. The first-order chi connectivity index (χ1) is 13.1. The summed E-state index contributed by atoms with van der Waals surface area (Å²) < 4.78 is 13.1. The maximum Gasteiger partial charge on any atom is 0.230 e. The molecule has 7 heteroatoms. The van der Waals surface area contributed by atoms with E-state index in [1.165, 1.54) is 32.4 Å². The van der Waals surface area contributed by atoms with Gasteiger partial charge in [0.15, 0.2) is 14.9 Å². The van der Waals surface area contributed by atoms with Gasteiger partial charge in [-0.05, 0) is 57.5 Å². The first-order valence-corrected chi connectivity index (χ1v) is 14.0. The minimum atomic E-state index is -1.79. The van der Waals surface area contributed by atoms with E-state index in [4.69, 9.17) is 14.0 Å².